The number of aliphatic hydroxyl groups excluding tert-OH is 1. The zero-order valence-corrected chi connectivity index (χ0v) is 42.1. The Bertz CT molecular complexity index is 2210. The number of benzene rings is 1. The normalized spacial score (nSPS) is 22.2. The van der Waals surface area contributed by atoms with Gasteiger partial charge in [-0.15, -0.1) is 0 Å². The molecule has 0 spiro atoms. The molecule has 0 unspecified atom stereocenters. The van der Waals surface area contributed by atoms with Crippen molar-refractivity contribution in [2.45, 2.75) is 115 Å². The number of alkyl carbamates (subject to hydrolysis) is 1. The van der Waals surface area contributed by atoms with E-state index in [2.05, 4.69) is 39.5 Å². The molecular formula is C49H65N5O13S2. The van der Waals surface area contributed by atoms with E-state index >= 15 is 0 Å². The summed E-state index contributed by atoms with van der Waals surface area (Å²) in [4.78, 5) is 64.8. The van der Waals surface area contributed by atoms with Crippen LogP contribution in [0.15, 0.2) is 64.4 Å². The van der Waals surface area contributed by atoms with Crippen LogP contribution in [-0.2, 0) is 47.6 Å². The predicted octanol–water partition coefficient (Wildman–Crippen LogP) is 4.55. The molecule has 69 heavy (non-hydrogen) atoms. The van der Waals surface area contributed by atoms with E-state index in [9.17, 15) is 29.1 Å². The Labute approximate surface area is 412 Å². The summed E-state index contributed by atoms with van der Waals surface area (Å²) in [6.45, 7) is 11.3. The van der Waals surface area contributed by atoms with Crippen LogP contribution in [0, 0.1) is 29.6 Å². The number of hydrazone groups is 1. The van der Waals surface area contributed by atoms with Crippen LogP contribution in [0.25, 0.3) is 0 Å². The van der Waals surface area contributed by atoms with Gasteiger partial charge in [-0.3, -0.25) is 24.5 Å². The molecule has 4 rings (SSSR count). The number of allylic oxidation sites excluding steroid dienone is 3. The summed E-state index contributed by atoms with van der Waals surface area (Å²) in [5, 5.41) is 17.6. The van der Waals surface area contributed by atoms with Gasteiger partial charge < -0.3 is 48.9 Å². The lowest BCUT2D eigenvalue weighted by Crippen LogP contribution is -2.55. The van der Waals surface area contributed by atoms with E-state index in [-0.39, 0.29) is 73.9 Å². The molecule has 3 aliphatic rings. The average molecular weight is 996 g/mol. The molecular weight excluding hydrogens is 931 g/mol. The summed E-state index contributed by atoms with van der Waals surface area (Å²) >= 11 is 0. The van der Waals surface area contributed by atoms with Gasteiger partial charge in [0.25, 0.3) is 0 Å². The third-order valence-electron chi connectivity index (χ3n) is 10.9. The Morgan fingerprint density at radius 3 is 2.45 bits per heavy atom. The minimum absolute atomic E-state index is 0.0631. The monoisotopic (exact) mass is 995 g/mol. The Balaban J connectivity index is 1.53. The van der Waals surface area contributed by atoms with Crippen LogP contribution >= 0.6 is 21.6 Å². The van der Waals surface area contributed by atoms with Gasteiger partial charge in [0.15, 0.2) is 18.4 Å². The largest absolute Gasteiger partial charge is 0.494 e. The highest BCUT2D eigenvalue weighted by Crippen LogP contribution is 2.41. The molecule has 7 atom stereocenters. The fourth-order valence-electron chi connectivity index (χ4n) is 7.55. The Morgan fingerprint density at radius 1 is 1.09 bits per heavy atom. The van der Waals surface area contributed by atoms with Gasteiger partial charge in [-0.05, 0) is 88.6 Å². The van der Waals surface area contributed by atoms with Gasteiger partial charge >= 0.3 is 6.09 Å². The maximum Gasteiger partial charge on any atom is 0.411 e. The number of rotatable bonds is 25. The van der Waals surface area contributed by atoms with Crippen LogP contribution in [0.3, 0.4) is 0 Å². The number of hydrogen-bond donors (Lipinski definition) is 4. The quantitative estimate of drug-likeness (QED) is 0.0263. The van der Waals surface area contributed by atoms with Gasteiger partial charge in [0, 0.05) is 68.9 Å². The second kappa shape index (κ2) is 28.5. The number of amides is 4. The Hall–Kier alpha value is -5.16. The fraction of sp³-hybridized carbons (Fsp3) is 0.551. The smallest absolute Gasteiger partial charge is 0.411 e. The second-order valence-electron chi connectivity index (χ2n) is 16.5. The number of primary amides is 1. The molecule has 0 saturated carbocycles. The van der Waals surface area contributed by atoms with Crippen molar-refractivity contribution in [3.63, 3.8) is 0 Å². The van der Waals surface area contributed by atoms with Crippen LogP contribution in [0.4, 0.5) is 4.79 Å². The van der Waals surface area contributed by atoms with Crippen molar-refractivity contribution in [3.05, 3.63) is 64.9 Å². The van der Waals surface area contributed by atoms with E-state index in [0.29, 0.717) is 42.4 Å². The number of nitrogens with zero attached hydrogens (tertiary/aromatic N) is 2. The topological polar surface area (TPSA) is 236 Å². The molecule has 1 fully saturated rings. The highest BCUT2D eigenvalue weighted by Gasteiger charge is 2.41. The highest BCUT2D eigenvalue weighted by molar-refractivity contribution is 8.77. The summed E-state index contributed by atoms with van der Waals surface area (Å²) in [7, 11) is 5.69. The summed E-state index contributed by atoms with van der Waals surface area (Å²) in [5.74, 6) is 11.3. The Kier molecular flexibility index (Phi) is 23.3. The number of carbonyl (C=O) groups excluding carboxylic acids is 5. The summed E-state index contributed by atoms with van der Waals surface area (Å²) in [6, 6.07) is 6.88. The van der Waals surface area contributed by atoms with E-state index in [1.807, 2.05) is 39.0 Å². The molecule has 18 nitrogen and oxygen atoms in total. The van der Waals surface area contributed by atoms with Crippen molar-refractivity contribution in [1.29, 1.82) is 0 Å². The molecule has 376 valence electrons. The van der Waals surface area contributed by atoms with Crippen molar-refractivity contribution in [1.82, 2.24) is 15.6 Å². The molecule has 0 aromatic heterocycles. The van der Waals surface area contributed by atoms with Crippen LogP contribution in [-0.4, -0.2) is 140 Å². The summed E-state index contributed by atoms with van der Waals surface area (Å²) < 4.78 is 40.8. The summed E-state index contributed by atoms with van der Waals surface area (Å²) in [6.07, 6.45) is 0.247. The SMILES string of the molecule is CCO[C@@H](O[C@@H]1C#C/C=C\C#C[C@@H]2CC(=O)C(NC(=O)OC)=C1/C2=C\CSSC(C)(C)CC(=O)N/N=C(\C)c1ccc(OCCCC(N)=O)cc1)[C@@H](CO)O[C@H]1C[C@H](OC)[C@@H](N(CC)C(C)=O)CO1. The number of ketones is 1. The molecule has 1 heterocycles. The van der Waals surface area contributed by atoms with E-state index in [4.69, 9.17) is 38.9 Å². The lowest BCUT2D eigenvalue weighted by atomic mass is 9.78. The van der Waals surface area contributed by atoms with Crippen LogP contribution in [0.1, 0.15) is 79.2 Å². The van der Waals surface area contributed by atoms with Crippen molar-refractivity contribution < 1.29 is 62.2 Å². The predicted molar refractivity (Wildman–Crippen MR) is 262 cm³/mol. The van der Waals surface area contributed by atoms with Crippen LogP contribution < -0.4 is 21.2 Å². The van der Waals surface area contributed by atoms with E-state index < -0.39 is 60.0 Å². The fourth-order valence-corrected chi connectivity index (χ4v) is 9.92. The van der Waals surface area contributed by atoms with E-state index in [1.54, 1.807) is 50.1 Å². The number of aliphatic hydroxyl groups is 1. The zero-order valence-electron chi connectivity index (χ0n) is 40.5. The third-order valence-corrected chi connectivity index (χ3v) is 14.0. The molecule has 5 N–H and O–H groups in total. The molecule has 1 saturated heterocycles. The van der Waals surface area contributed by atoms with E-state index in [1.165, 1.54) is 35.6 Å². The maximum absolute atomic E-state index is 13.9. The van der Waals surface area contributed by atoms with Gasteiger partial charge in [-0.25, -0.2) is 10.2 Å². The van der Waals surface area contributed by atoms with Gasteiger partial charge in [-0.2, -0.15) is 5.10 Å². The Morgan fingerprint density at radius 2 is 1.81 bits per heavy atom. The van der Waals surface area contributed by atoms with Gasteiger partial charge in [-0.1, -0.05) is 51.3 Å². The minimum atomic E-state index is -1.27. The van der Waals surface area contributed by atoms with Crippen molar-refractivity contribution in [3.8, 4) is 29.4 Å². The number of fused-ring (bicyclic) bond motifs is 2. The van der Waals surface area contributed by atoms with Gasteiger partial charge in [0.1, 0.15) is 18.0 Å². The molecule has 2 aliphatic carbocycles. The van der Waals surface area contributed by atoms with Crippen molar-refractivity contribution >= 4 is 56.9 Å². The maximum atomic E-state index is 13.9. The number of nitrogens with one attached hydrogen (secondary N) is 2. The summed E-state index contributed by atoms with van der Waals surface area (Å²) in [5.41, 5.74) is 9.95. The van der Waals surface area contributed by atoms with Crippen molar-refractivity contribution in [2.24, 2.45) is 16.8 Å². The highest BCUT2D eigenvalue weighted by atomic mass is 33.1. The number of hydrogen-bond acceptors (Lipinski definition) is 16. The van der Waals surface area contributed by atoms with E-state index in [0.717, 1.165) is 5.56 Å². The first-order valence-electron chi connectivity index (χ1n) is 22.6. The number of carbonyl (C=O) groups is 5. The standard InChI is InChI=1S/C49H65N5O13S2/c1-9-54(32(4)56)37-30-65-44(27-40(37)61-7)66-41(29-55)47(63-10-2)67-39-17-14-12-11-13-16-34-26-38(57)46(51-48(60)62-8)45(39)36(34)23-25-68-69-49(5,6)28-43(59)53-52-31(3)33-19-21-35(22-20-33)64-24-15-18-42(50)58/h11-12,19-23,34,37,39-41,44,47,55H,9-10,15,18,24-30H2,1-8H3,(H2,50,58)(H,51,60)(H,53,59)/b12-11-,36-23-,52-31+/t34-,37+,39-,40+,41-,44+,47+/m1/s1. The van der Waals surface area contributed by atoms with Gasteiger partial charge in [0.05, 0.1) is 56.4 Å². The molecule has 2 bridgehead atoms. The second-order valence-corrected chi connectivity index (χ2v) is 19.5. The number of methoxy groups -OCH3 is 2. The first-order chi connectivity index (χ1) is 33.0. The van der Waals surface area contributed by atoms with Gasteiger partial charge in [0.2, 0.25) is 17.7 Å². The molecule has 20 heteroatoms. The van der Waals surface area contributed by atoms with Crippen LogP contribution in [0.2, 0.25) is 0 Å². The lowest BCUT2D eigenvalue weighted by molar-refractivity contribution is -0.283. The first kappa shape index (κ1) is 56.4. The minimum Gasteiger partial charge on any atom is -0.494 e. The first-order valence-corrected chi connectivity index (χ1v) is 25.0. The third kappa shape index (κ3) is 17.6. The number of nitrogens with two attached hydrogens (primary N) is 1. The molecule has 4 amide bonds. The number of ether oxygens (including phenoxy) is 7. The molecule has 1 aromatic rings. The average Bonchev–Trinajstić information content (AvgIpc) is 3.31. The van der Waals surface area contributed by atoms with Crippen molar-refractivity contribution in [2.75, 3.05) is 52.9 Å². The number of Topliss-reactive ketones (excluding diaryl/α,β-unsaturated/α-hetero) is 1. The van der Waals surface area contributed by atoms with Crippen LogP contribution in [0.5, 0.6) is 5.75 Å². The molecule has 0 radical (unpaired) electrons. The molecule has 1 aliphatic heterocycles. The lowest BCUT2D eigenvalue weighted by Gasteiger charge is -2.42. The molecule has 1 aromatic carbocycles. The zero-order chi connectivity index (χ0) is 50.5. The number of likely N-dealkylation sites (N-methyl/N-ethyl adjacent to an activating group) is 1.